The van der Waals surface area contributed by atoms with E-state index in [2.05, 4.69) is 142 Å². The summed E-state index contributed by atoms with van der Waals surface area (Å²) in [6, 6.07) is 21.7. The summed E-state index contributed by atoms with van der Waals surface area (Å²) in [5.74, 6) is 0. The van der Waals surface area contributed by atoms with Crippen LogP contribution in [0, 0.1) is 0 Å². The van der Waals surface area contributed by atoms with Crippen LogP contribution in [0.1, 0.15) is 52.7 Å². The molecular formula is C35H41N2O2+. The third kappa shape index (κ3) is 4.36. The first kappa shape index (κ1) is 27.1. The second kappa shape index (κ2) is 10.3. The van der Waals surface area contributed by atoms with Gasteiger partial charge in [0, 0.05) is 55.6 Å². The second-order valence-electron chi connectivity index (χ2n) is 11.5. The number of para-hydroxylation sites is 1. The minimum Gasteiger partial charge on any atom is -0.362 e. The molecule has 0 saturated heterocycles. The Hall–Kier alpha value is -3.47. The maximum Gasteiger partial charge on any atom is 0.260 e. The van der Waals surface area contributed by atoms with Crippen molar-refractivity contribution in [3.8, 4) is 0 Å². The molecule has 0 bridgehead atoms. The third-order valence-electron chi connectivity index (χ3n) is 8.57. The maximum absolute atomic E-state index is 5.85. The number of methoxy groups -OCH3 is 2. The number of hydrogen-bond acceptors (Lipinski definition) is 3. The van der Waals surface area contributed by atoms with Gasteiger partial charge in [0.25, 0.3) is 6.23 Å². The van der Waals surface area contributed by atoms with Crippen LogP contribution >= 0.6 is 0 Å². The van der Waals surface area contributed by atoms with E-state index in [4.69, 9.17) is 9.47 Å². The van der Waals surface area contributed by atoms with E-state index in [9.17, 15) is 0 Å². The summed E-state index contributed by atoms with van der Waals surface area (Å²) in [6.07, 6.45) is 10.7. The highest BCUT2D eigenvalue weighted by molar-refractivity contribution is 6.03. The molecule has 5 rings (SSSR count). The summed E-state index contributed by atoms with van der Waals surface area (Å²) in [7, 11) is 3.54. The van der Waals surface area contributed by atoms with E-state index in [-0.39, 0.29) is 23.3 Å². The summed E-state index contributed by atoms with van der Waals surface area (Å²) < 4.78 is 13.9. The van der Waals surface area contributed by atoms with Crippen molar-refractivity contribution in [3.05, 3.63) is 108 Å². The zero-order chi connectivity index (χ0) is 27.9. The Kier molecular flexibility index (Phi) is 7.13. The Morgan fingerprint density at radius 1 is 0.795 bits per heavy atom. The highest BCUT2D eigenvalue weighted by Gasteiger charge is 2.46. The van der Waals surface area contributed by atoms with Crippen molar-refractivity contribution in [1.29, 1.82) is 0 Å². The molecule has 0 aliphatic carbocycles. The molecule has 3 aromatic carbocycles. The van der Waals surface area contributed by atoms with Crippen LogP contribution in [0.4, 0.5) is 11.4 Å². The third-order valence-corrected chi connectivity index (χ3v) is 8.57. The van der Waals surface area contributed by atoms with E-state index in [0.717, 1.165) is 0 Å². The summed E-state index contributed by atoms with van der Waals surface area (Å²) >= 11 is 0. The molecule has 0 spiro atoms. The lowest BCUT2D eigenvalue weighted by atomic mass is 9.81. The van der Waals surface area contributed by atoms with Gasteiger partial charge in [0.2, 0.25) is 5.69 Å². The standard InChI is InChI=1S/C35H41N2O2/c1-24(38-7)36-29-19-15-14-18-28(29)34(3,4)31(36)20-10-9-11-21-32-35(5,6)33-27-17-13-12-16-26(27)22-23-30(33)37(32)25(2)39-8/h9-25H,1-8H3/q+1. The Labute approximate surface area is 233 Å². The molecule has 39 heavy (non-hydrogen) atoms. The van der Waals surface area contributed by atoms with Crippen LogP contribution in [0.2, 0.25) is 0 Å². The van der Waals surface area contributed by atoms with Gasteiger partial charge in [0.1, 0.15) is 6.23 Å². The first-order valence-corrected chi connectivity index (χ1v) is 13.8. The first-order valence-electron chi connectivity index (χ1n) is 13.8. The van der Waals surface area contributed by atoms with Crippen LogP contribution in [-0.4, -0.2) is 37.0 Å². The van der Waals surface area contributed by atoms with Gasteiger partial charge in [-0.15, -0.1) is 0 Å². The molecule has 202 valence electrons. The van der Waals surface area contributed by atoms with Crippen LogP contribution in [0.15, 0.2) is 96.7 Å². The SMILES string of the molecule is COC(C)N1/C(=C/C=C/C=C/C2=[N+](C(C)OC)c3ccccc3C2(C)C)C(C)(C)c2c1ccc1ccccc21. The summed E-state index contributed by atoms with van der Waals surface area (Å²) in [6.45, 7) is 13.4. The van der Waals surface area contributed by atoms with Gasteiger partial charge in [-0.2, -0.15) is 4.58 Å². The minimum absolute atomic E-state index is 0.0598. The maximum atomic E-state index is 5.85. The monoisotopic (exact) mass is 521 g/mol. The topological polar surface area (TPSA) is 24.7 Å². The van der Waals surface area contributed by atoms with Crippen molar-refractivity contribution >= 4 is 27.9 Å². The first-order chi connectivity index (χ1) is 18.6. The molecule has 3 aromatic rings. The van der Waals surface area contributed by atoms with Gasteiger partial charge in [-0.1, -0.05) is 80.6 Å². The zero-order valence-corrected chi connectivity index (χ0v) is 24.5. The summed E-state index contributed by atoms with van der Waals surface area (Å²) in [4.78, 5) is 2.34. The molecule has 0 fully saturated rings. The van der Waals surface area contributed by atoms with E-state index in [1.807, 2.05) is 0 Å². The summed E-state index contributed by atoms with van der Waals surface area (Å²) in [5.41, 5.74) is 7.26. The van der Waals surface area contributed by atoms with Gasteiger partial charge in [0.15, 0.2) is 5.71 Å². The number of ether oxygens (including phenoxy) is 2. The van der Waals surface area contributed by atoms with Crippen LogP contribution in [-0.2, 0) is 20.3 Å². The molecule has 0 aromatic heterocycles. The van der Waals surface area contributed by atoms with Crippen LogP contribution in [0.5, 0.6) is 0 Å². The Balaban J connectivity index is 1.52. The molecule has 0 N–H and O–H groups in total. The number of rotatable bonds is 7. The lowest BCUT2D eigenvalue weighted by molar-refractivity contribution is -0.532. The van der Waals surface area contributed by atoms with Gasteiger partial charge in [-0.25, -0.2) is 0 Å². The van der Waals surface area contributed by atoms with Crippen molar-refractivity contribution in [2.24, 2.45) is 0 Å². The lowest BCUT2D eigenvalue weighted by Crippen LogP contribution is -2.34. The molecule has 0 amide bonds. The van der Waals surface area contributed by atoms with E-state index in [0.29, 0.717) is 0 Å². The molecule has 0 radical (unpaired) electrons. The fourth-order valence-corrected chi connectivity index (χ4v) is 6.39. The molecule has 0 saturated carbocycles. The van der Waals surface area contributed by atoms with E-state index >= 15 is 0 Å². The molecule has 2 aliphatic heterocycles. The molecular weight excluding hydrogens is 480 g/mol. The molecule has 2 aliphatic rings. The minimum atomic E-state index is -0.175. The van der Waals surface area contributed by atoms with Gasteiger partial charge in [0.05, 0.1) is 5.41 Å². The number of nitrogens with zero attached hydrogens (tertiary/aromatic N) is 2. The Bertz CT molecular complexity index is 1520. The van der Waals surface area contributed by atoms with Crippen molar-refractivity contribution in [2.45, 2.75) is 64.8 Å². The smallest absolute Gasteiger partial charge is 0.260 e. The molecule has 2 atom stereocenters. The molecule has 2 heterocycles. The molecule has 4 heteroatoms. The highest BCUT2D eigenvalue weighted by Crippen LogP contribution is 2.51. The lowest BCUT2D eigenvalue weighted by Gasteiger charge is -2.31. The molecule has 2 unspecified atom stereocenters. The average molecular weight is 522 g/mol. The predicted octanol–water partition coefficient (Wildman–Crippen LogP) is 7.99. The van der Waals surface area contributed by atoms with E-state index in [1.165, 1.54) is 44.7 Å². The fourth-order valence-electron chi connectivity index (χ4n) is 6.39. The quantitative estimate of drug-likeness (QED) is 0.233. The largest absolute Gasteiger partial charge is 0.362 e. The van der Waals surface area contributed by atoms with E-state index < -0.39 is 0 Å². The Morgan fingerprint density at radius 2 is 1.51 bits per heavy atom. The average Bonchev–Trinajstić information content (AvgIpc) is 3.31. The second-order valence-corrected chi connectivity index (χ2v) is 11.5. The van der Waals surface area contributed by atoms with Crippen molar-refractivity contribution in [2.75, 3.05) is 19.1 Å². The number of anilines is 1. The summed E-state index contributed by atoms with van der Waals surface area (Å²) in [5, 5.41) is 2.56. The van der Waals surface area contributed by atoms with Gasteiger partial charge in [-0.3, -0.25) is 0 Å². The van der Waals surface area contributed by atoms with Crippen molar-refractivity contribution in [1.82, 2.24) is 0 Å². The number of hydrogen-bond donors (Lipinski definition) is 0. The Morgan fingerprint density at radius 3 is 2.26 bits per heavy atom. The fraction of sp³-hybridized carbons (Fsp3) is 0.343. The van der Waals surface area contributed by atoms with Crippen LogP contribution < -0.4 is 4.90 Å². The van der Waals surface area contributed by atoms with Gasteiger partial charge >= 0.3 is 0 Å². The highest BCUT2D eigenvalue weighted by atomic mass is 16.5. The van der Waals surface area contributed by atoms with E-state index in [1.54, 1.807) is 14.2 Å². The van der Waals surface area contributed by atoms with Crippen molar-refractivity contribution in [3.63, 3.8) is 0 Å². The molecule has 4 nitrogen and oxygen atoms in total. The number of fused-ring (bicyclic) bond motifs is 4. The zero-order valence-electron chi connectivity index (χ0n) is 24.5. The number of allylic oxidation sites excluding steroid dienone is 6. The van der Waals surface area contributed by atoms with Crippen LogP contribution in [0.25, 0.3) is 10.8 Å². The predicted molar refractivity (Wildman–Crippen MR) is 163 cm³/mol. The normalized spacial score (nSPS) is 20.4. The van der Waals surface area contributed by atoms with Gasteiger partial charge in [-0.05, 0) is 49.2 Å². The number of benzene rings is 3. The van der Waals surface area contributed by atoms with Crippen LogP contribution in [0.3, 0.4) is 0 Å². The van der Waals surface area contributed by atoms with Crippen molar-refractivity contribution < 1.29 is 14.0 Å². The van der Waals surface area contributed by atoms with Gasteiger partial charge < -0.3 is 14.4 Å².